The van der Waals surface area contributed by atoms with Gasteiger partial charge in [0.05, 0.1) is 5.69 Å². The van der Waals surface area contributed by atoms with E-state index >= 15 is 0 Å². The molecule has 0 atom stereocenters. The van der Waals surface area contributed by atoms with Crippen LogP contribution in [0.2, 0.25) is 5.15 Å². The molecule has 0 aliphatic heterocycles. The third kappa shape index (κ3) is 2.68. The lowest BCUT2D eigenvalue weighted by Gasteiger charge is -2.03. The van der Waals surface area contributed by atoms with Crippen molar-refractivity contribution in [3.8, 4) is 0 Å². The highest BCUT2D eigenvalue weighted by atomic mass is 35.5. The average Bonchev–Trinajstić information content (AvgIpc) is 2.74. The first-order valence-electron chi connectivity index (χ1n) is 5.17. The Bertz CT molecular complexity index is 570. The van der Waals surface area contributed by atoms with Crippen LogP contribution in [-0.4, -0.2) is 21.3 Å². The first kappa shape index (κ1) is 12.1. The largest absolute Gasteiger partial charge is 0.350 e. The second kappa shape index (κ2) is 4.89. The molecule has 4 nitrogen and oxygen atoms in total. The van der Waals surface area contributed by atoms with Crippen molar-refractivity contribution < 1.29 is 4.79 Å². The fraction of sp³-hybridized carbons (Fsp3) is 0.273. The number of hydrogen-bond donors (Lipinski definition) is 1. The number of amides is 1. The van der Waals surface area contributed by atoms with Gasteiger partial charge in [0.2, 0.25) is 5.91 Å². The van der Waals surface area contributed by atoms with Crippen LogP contribution >= 0.6 is 22.9 Å². The number of rotatable bonds is 3. The van der Waals surface area contributed by atoms with Crippen molar-refractivity contribution in [1.82, 2.24) is 14.7 Å². The highest BCUT2D eigenvalue weighted by Gasteiger charge is 2.08. The van der Waals surface area contributed by atoms with Gasteiger partial charge in [-0.15, -0.1) is 11.3 Å². The zero-order chi connectivity index (χ0) is 12.4. The lowest BCUT2D eigenvalue weighted by atomic mass is 10.3. The minimum absolute atomic E-state index is 0.120. The fourth-order valence-electron chi connectivity index (χ4n) is 1.41. The normalized spacial score (nSPS) is 11.8. The molecule has 1 N–H and O–H groups in total. The third-order valence-corrected chi connectivity index (χ3v) is 3.11. The van der Waals surface area contributed by atoms with E-state index in [-0.39, 0.29) is 11.9 Å². The molecular formula is C11H12ClN3OS. The summed E-state index contributed by atoms with van der Waals surface area (Å²) in [4.78, 5) is 16.5. The minimum Gasteiger partial charge on any atom is -0.350 e. The molecule has 0 fully saturated rings. The molecule has 0 aliphatic carbocycles. The van der Waals surface area contributed by atoms with Crippen LogP contribution in [-0.2, 0) is 4.79 Å². The van der Waals surface area contributed by atoms with Gasteiger partial charge in [0.1, 0.15) is 0 Å². The number of fused-ring (bicyclic) bond motifs is 1. The number of carbonyl (C=O) groups excluding carboxylic acids is 1. The predicted molar refractivity (Wildman–Crippen MR) is 70.4 cm³/mol. The summed E-state index contributed by atoms with van der Waals surface area (Å²) in [6.07, 6.45) is 5.01. The molecule has 0 spiro atoms. The molecule has 2 rings (SSSR count). The van der Waals surface area contributed by atoms with Crippen LogP contribution < -0.4 is 5.32 Å². The molecule has 6 heteroatoms. The summed E-state index contributed by atoms with van der Waals surface area (Å²) in [6, 6.07) is 0.120. The molecule has 2 aromatic heterocycles. The Kier molecular flexibility index (Phi) is 3.49. The average molecular weight is 270 g/mol. The van der Waals surface area contributed by atoms with E-state index in [1.807, 2.05) is 29.8 Å². The summed E-state index contributed by atoms with van der Waals surface area (Å²) in [6.45, 7) is 3.82. The molecule has 0 saturated carbocycles. The first-order valence-corrected chi connectivity index (χ1v) is 6.43. The van der Waals surface area contributed by atoms with Crippen molar-refractivity contribution >= 4 is 39.9 Å². The van der Waals surface area contributed by atoms with Crippen molar-refractivity contribution in [2.75, 3.05) is 0 Å². The molecule has 0 aromatic carbocycles. The van der Waals surface area contributed by atoms with Gasteiger partial charge in [0, 0.05) is 23.7 Å². The highest BCUT2D eigenvalue weighted by Crippen LogP contribution is 2.22. The van der Waals surface area contributed by atoms with E-state index in [1.165, 1.54) is 17.4 Å². The molecule has 0 bridgehead atoms. The van der Waals surface area contributed by atoms with Crippen molar-refractivity contribution in [2.45, 2.75) is 19.9 Å². The van der Waals surface area contributed by atoms with E-state index in [4.69, 9.17) is 11.6 Å². The van der Waals surface area contributed by atoms with Gasteiger partial charge in [-0.25, -0.2) is 4.98 Å². The maximum atomic E-state index is 11.5. The molecule has 0 radical (unpaired) electrons. The van der Waals surface area contributed by atoms with E-state index in [9.17, 15) is 4.79 Å². The van der Waals surface area contributed by atoms with Crippen LogP contribution in [0.4, 0.5) is 0 Å². The summed E-state index contributed by atoms with van der Waals surface area (Å²) in [5.74, 6) is -0.138. The highest BCUT2D eigenvalue weighted by molar-refractivity contribution is 7.15. The first-order chi connectivity index (χ1) is 8.08. The van der Waals surface area contributed by atoms with Gasteiger partial charge < -0.3 is 5.32 Å². The van der Waals surface area contributed by atoms with Crippen molar-refractivity contribution in [2.24, 2.45) is 0 Å². The Hall–Kier alpha value is -1.33. The Labute approximate surface area is 108 Å². The number of aromatic nitrogens is 2. The van der Waals surface area contributed by atoms with Gasteiger partial charge in [0.25, 0.3) is 0 Å². The van der Waals surface area contributed by atoms with E-state index < -0.39 is 0 Å². The summed E-state index contributed by atoms with van der Waals surface area (Å²) in [5, 5.41) is 5.10. The summed E-state index contributed by atoms with van der Waals surface area (Å²) in [7, 11) is 0. The number of hydrogen-bond acceptors (Lipinski definition) is 3. The van der Waals surface area contributed by atoms with E-state index in [1.54, 1.807) is 6.08 Å². The number of nitrogens with one attached hydrogen (secondary N) is 1. The topological polar surface area (TPSA) is 46.4 Å². The van der Waals surface area contributed by atoms with Crippen LogP contribution in [0.25, 0.3) is 11.0 Å². The smallest absolute Gasteiger partial charge is 0.244 e. The van der Waals surface area contributed by atoms with Gasteiger partial charge in [0.15, 0.2) is 10.1 Å². The van der Waals surface area contributed by atoms with Crippen molar-refractivity contribution in [3.05, 3.63) is 28.5 Å². The van der Waals surface area contributed by atoms with Crippen LogP contribution in [0.15, 0.2) is 17.7 Å². The second-order valence-corrected chi connectivity index (χ2v) is 5.07. The zero-order valence-corrected chi connectivity index (χ0v) is 11.0. The maximum Gasteiger partial charge on any atom is 0.244 e. The molecular weight excluding hydrogens is 258 g/mol. The zero-order valence-electron chi connectivity index (χ0n) is 9.48. The Balaban J connectivity index is 2.23. The monoisotopic (exact) mass is 269 g/mol. The van der Waals surface area contributed by atoms with E-state index in [0.717, 1.165) is 10.7 Å². The van der Waals surface area contributed by atoms with Crippen LogP contribution in [0.5, 0.6) is 0 Å². The molecule has 0 saturated heterocycles. The predicted octanol–water partition coefficient (Wildman–Crippen LogP) is 2.59. The van der Waals surface area contributed by atoms with Gasteiger partial charge in [-0.05, 0) is 19.9 Å². The van der Waals surface area contributed by atoms with Crippen LogP contribution in [0.3, 0.4) is 0 Å². The second-order valence-electron chi connectivity index (χ2n) is 3.84. The van der Waals surface area contributed by atoms with Gasteiger partial charge >= 0.3 is 0 Å². The molecule has 0 aliphatic rings. The minimum atomic E-state index is -0.138. The van der Waals surface area contributed by atoms with Gasteiger partial charge in [-0.3, -0.25) is 9.20 Å². The lowest BCUT2D eigenvalue weighted by molar-refractivity contribution is -0.116. The van der Waals surface area contributed by atoms with Crippen molar-refractivity contribution in [3.63, 3.8) is 0 Å². The van der Waals surface area contributed by atoms with E-state index in [0.29, 0.717) is 5.15 Å². The number of halogens is 1. The summed E-state index contributed by atoms with van der Waals surface area (Å²) in [5.41, 5.74) is 0.724. The van der Waals surface area contributed by atoms with Crippen LogP contribution in [0, 0.1) is 0 Å². The Morgan fingerprint density at radius 3 is 3.12 bits per heavy atom. The number of thiazole rings is 1. The number of imidazole rings is 1. The lowest BCUT2D eigenvalue weighted by Crippen LogP contribution is -2.28. The standard InChI is InChI=1S/C11H12ClN3OS/c1-7(2)13-9(16)4-3-8-10(12)14-11-15(8)5-6-17-11/h3-7H,1-2H3,(H,13,16). The summed E-state index contributed by atoms with van der Waals surface area (Å²) < 4.78 is 1.85. The SMILES string of the molecule is CC(C)NC(=O)C=Cc1c(Cl)nc2sccn12. The molecule has 0 unspecified atom stereocenters. The Morgan fingerprint density at radius 2 is 2.41 bits per heavy atom. The fourth-order valence-corrected chi connectivity index (χ4v) is 2.42. The maximum absolute atomic E-state index is 11.5. The summed E-state index contributed by atoms with van der Waals surface area (Å²) >= 11 is 7.49. The van der Waals surface area contributed by atoms with Crippen LogP contribution in [0.1, 0.15) is 19.5 Å². The molecule has 2 heterocycles. The Morgan fingerprint density at radius 1 is 1.65 bits per heavy atom. The van der Waals surface area contributed by atoms with Gasteiger partial charge in [-0.1, -0.05) is 11.6 Å². The quantitative estimate of drug-likeness (QED) is 0.871. The third-order valence-electron chi connectivity index (χ3n) is 2.08. The van der Waals surface area contributed by atoms with Gasteiger partial charge in [-0.2, -0.15) is 0 Å². The molecule has 1 amide bonds. The molecule has 2 aromatic rings. The van der Waals surface area contributed by atoms with Crippen molar-refractivity contribution in [1.29, 1.82) is 0 Å². The van der Waals surface area contributed by atoms with E-state index in [2.05, 4.69) is 10.3 Å². The molecule has 17 heavy (non-hydrogen) atoms. The number of nitrogens with zero attached hydrogens (tertiary/aromatic N) is 2. The molecule has 90 valence electrons. The number of carbonyl (C=O) groups is 1.